The Hall–Kier alpha value is -0.510. The van der Waals surface area contributed by atoms with E-state index in [9.17, 15) is 0 Å². The molecule has 14 heavy (non-hydrogen) atoms. The van der Waals surface area contributed by atoms with Gasteiger partial charge in [0.2, 0.25) is 0 Å². The molecule has 0 bridgehead atoms. The van der Waals surface area contributed by atoms with E-state index in [2.05, 4.69) is 4.99 Å². The lowest BCUT2D eigenvalue weighted by atomic mass is 10.2. The zero-order valence-electron chi connectivity index (χ0n) is 7.61. The first kappa shape index (κ1) is 10.0. The normalized spacial score (nSPS) is 21.0. The van der Waals surface area contributed by atoms with E-state index in [1.54, 1.807) is 11.8 Å². The van der Waals surface area contributed by atoms with Crippen molar-refractivity contribution in [3.8, 4) is 0 Å². The fraction of sp³-hybridized carbons (Fsp3) is 0.300. The van der Waals surface area contributed by atoms with Crippen molar-refractivity contribution in [2.75, 3.05) is 5.75 Å². The van der Waals surface area contributed by atoms with Crippen LogP contribution in [0.15, 0.2) is 29.3 Å². The lowest BCUT2D eigenvalue weighted by Gasteiger charge is -2.02. The van der Waals surface area contributed by atoms with Gasteiger partial charge in [-0.15, -0.1) is 11.8 Å². The van der Waals surface area contributed by atoms with Crippen LogP contribution in [0.4, 0.5) is 0 Å². The molecule has 1 heterocycles. The summed E-state index contributed by atoms with van der Waals surface area (Å²) in [6, 6.07) is 7.84. The average molecular weight is 227 g/mol. The minimum absolute atomic E-state index is 0.0301. The molecule has 2 rings (SSSR count). The third-order valence-corrected chi connectivity index (χ3v) is 3.49. The van der Waals surface area contributed by atoms with Crippen LogP contribution in [0.2, 0.25) is 5.02 Å². The van der Waals surface area contributed by atoms with Crippen LogP contribution in [0.25, 0.3) is 0 Å². The van der Waals surface area contributed by atoms with Crippen molar-refractivity contribution in [2.45, 2.75) is 12.6 Å². The van der Waals surface area contributed by atoms with Gasteiger partial charge in [0.1, 0.15) is 6.17 Å². The fourth-order valence-electron chi connectivity index (χ4n) is 1.34. The van der Waals surface area contributed by atoms with Crippen molar-refractivity contribution in [3.63, 3.8) is 0 Å². The Labute approximate surface area is 92.5 Å². The molecule has 1 aromatic rings. The maximum Gasteiger partial charge on any atom is 0.107 e. The Kier molecular flexibility index (Phi) is 3.11. The summed E-state index contributed by atoms with van der Waals surface area (Å²) in [6.07, 6.45) is 0.774. The van der Waals surface area contributed by atoms with Gasteiger partial charge in [0.15, 0.2) is 0 Å². The average Bonchev–Trinajstić information content (AvgIpc) is 2.56. The van der Waals surface area contributed by atoms with Gasteiger partial charge in [-0.2, -0.15) is 0 Å². The highest BCUT2D eigenvalue weighted by Crippen LogP contribution is 2.22. The summed E-state index contributed by atoms with van der Waals surface area (Å²) in [5, 5.41) is 1.89. The third-order valence-electron chi connectivity index (χ3n) is 2.03. The van der Waals surface area contributed by atoms with E-state index in [0.29, 0.717) is 0 Å². The first-order chi connectivity index (χ1) is 6.75. The van der Waals surface area contributed by atoms with Crippen LogP contribution in [0.3, 0.4) is 0 Å². The van der Waals surface area contributed by atoms with Crippen LogP contribution >= 0.6 is 23.4 Å². The molecule has 0 spiro atoms. The Bertz CT molecular complexity index is 365. The highest BCUT2D eigenvalue weighted by Gasteiger charge is 2.15. The lowest BCUT2D eigenvalue weighted by molar-refractivity contribution is 0.817. The summed E-state index contributed by atoms with van der Waals surface area (Å²) in [5.74, 6) is 0.889. The van der Waals surface area contributed by atoms with Crippen LogP contribution < -0.4 is 5.73 Å². The molecule has 1 aromatic carbocycles. The summed E-state index contributed by atoms with van der Waals surface area (Å²) >= 11 is 7.76. The third kappa shape index (κ3) is 2.29. The molecular formula is C10H11ClN2S. The van der Waals surface area contributed by atoms with Crippen LogP contribution in [0, 0.1) is 0 Å². The SMILES string of the molecule is NC1CSC(Cc2ccccc2Cl)=N1. The number of nitrogens with two attached hydrogens (primary N) is 1. The second-order valence-electron chi connectivity index (χ2n) is 3.17. The van der Waals surface area contributed by atoms with E-state index in [4.69, 9.17) is 17.3 Å². The molecule has 1 atom stereocenters. The molecule has 0 aliphatic carbocycles. The van der Waals surface area contributed by atoms with Gasteiger partial charge in [0, 0.05) is 17.2 Å². The zero-order chi connectivity index (χ0) is 9.97. The van der Waals surface area contributed by atoms with Crippen molar-refractivity contribution in [1.29, 1.82) is 0 Å². The smallest absolute Gasteiger partial charge is 0.107 e. The maximum absolute atomic E-state index is 6.04. The Morgan fingerprint density at radius 3 is 2.93 bits per heavy atom. The van der Waals surface area contributed by atoms with Gasteiger partial charge >= 0.3 is 0 Å². The molecule has 0 aromatic heterocycles. The molecule has 0 radical (unpaired) electrons. The summed E-state index contributed by atoms with van der Waals surface area (Å²) in [7, 11) is 0. The largest absolute Gasteiger partial charge is 0.309 e. The molecule has 1 aliphatic heterocycles. The van der Waals surface area contributed by atoms with E-state index < -0.39 is 0 Å². The first-order valence-electron chi connectivity index (χ1n) is 4.44. The van der Waals surface area contributed by atoms with Crippen molar-refractivity contribution < 1.29 is 0 Å². The van der Waals surface area contributed by atoms with Gasteiger partial charge in [0.25, 0.3) is 0 Å². The number of benzene rings is 1. The minimum atomic E-state index is -0.0301. The Morgan fingerprint density at radius 1 is 1.50 bits per heavy atom. The summed E-state index contributed by atoms with van der Waals surface area (Å²) in [4.78, 5) is 4.32. The number of aliphatic imine (C=N–C) groups is 1. The standard InChI is InChI=1S/C10H11ClN2S/c11-8-4-2-1-3-7(8)5-10-13-9(12)6-14-10/h1-4,9H,5-6,12H2. The van der Waals surface area contributed by atoms with E-state index >= 15 is 0 Å². The number of nitrogens with zero attached hydrogens (tertiary/aromatic N) is 1. The second-order valence-corrected chi connectivity index (χ2v) is 4.67. The van der Waals surface area contributed by atoms with E-state index in [1.807, 2.05) is 24.3 Å². The number of hydrogen-bond donors (Lipinski definition) is 1. The molecule has 0 amide bonds. The van der Waals surface area contributed by atoms with Gasteiger partial charge < -0.3 is 5.73 Å². The van der Waals surface area contributed by atoms with Crippen LogP contribution in [0.5, 0.6) is 0 Å². The van der Waals surface area contributed by atoms with Crippen molar-refractivity contribution >= 4 is 28.4 Å². The molecule has 2 N–H and O–H groups in total. The number of hydrogen-bond acceptors (Lipinski definition) is 3. The summed E-state index contributed by atoms with van der Waals surface area (Å²) in [5.41, 5.74) is 6.80. The van der Waals surface area contributed by atoms with Gasteiger partial charge in [-0.1, -0.05) is 29.8 Å². The summed E-state index contributed by atoms with van der Waals surface area (Å²) in [6.45, 7) is 0. The van der Waals surface area contributed by atoms with Gasteiger partial charge in [-0.05, 0) is 11.6 Å². The van der Waals surface area contributed by atoms with Crippen molar-refractivity contribution in [2.24, 2.45) is 10.7 Å². The van der Waals surface area contributed by atoms with Crippen molar-refractivity contribution in [1.82, 2.24) is 0 Å². The van der Waals surface area contributed by atoms with Crippen LogP contribution in [-0.2, 0) is 6.42 Å². The molecule has 0 fully saturated rings. The number of halogens is 1. The predicted octanol–water partition coefficient (Wildman–Crippen LogP) is 2.31. The van der Waals surface area contributed by atoms with Gasteiger partial charge in [0.05, 0.1) is 5.04 Å². The monoisotopic (exact) mass is 226 g/mol. The maximum atomic E-state index is 6.04. The van der Waals surface area contributed by atoms with Gasteiger partial charge in [-0.25, -0.2) is 0 Å². The lowest BCUT2D eigenvalue weighted by Crippen LogP contribution is -2.15. The number of thioether (sulfide) groups is 1. The van der Waals surface area contributed by atoms with Crippen LogP contribution in [-0.4, -0.2) is 17.0 Å². The predicted molar refractivity (Wildman–Crippen MR) is 63.0 cm³/mol. The molecule has 0 saturated carbocycles. The number of rotatable bonds is 2. The van der Waals surface area contributed by atoms with E-state index in [1.165, 1.54) is 0 Å². The van der Waals surface area contributed by atoms with E-state index in [0.717, 1.165) is 27.8 Å². The Balaban J connectivity index is 2.12. The molecule has 1 aliphatic rings. The van der Waals surface area contributed by atoms with Gasteiger partial charge in [-0.3, -0.25) is 4.99 Å². The topological polar surface area (TPSA) is 38.4 Å². The molecule has 4 heteroatoms. The fourth-order valence-corrected chi connectivity index (χ4v) is 2.45. The second kappa shape index (κ2) is 4.34. The van der Waals surface area contributed by atoms with E-state index in [-0.39, 0.29) is 6.17 Å². The molecule has 1 unspecified atom stereocenters. The Morgan fingerprint density at radius 2 is 2.29 bits per heavy atom. The molecule has 2 nitrogen and oxygen atoms in total. The highest BCUT2D eigenvalue weighted by molar-refractivity contribution is 8.14. The molecule has 0 saturated heterocycles. The molecule has 74 valence electrons. The molecular weight excluding hydrogens is 216 g/mol. The minimum Gasteiger partial charge on any atom is -0.309 e. The first-order valence-corrected chi connectivity index (χ1v) is 5.80. The zero-order valence-corrected chi connectivity index (χ0v) is 9.18. The van der Waals surface area contributed by atoms with Crippen molar-refractivity contribution in [3.05, 3.63) is 34.9 Å². The van der Waals surface area contributed by atoms with Crippen LogP contribution in [0.1, 0.15) is 5.56 Å². The summed E-state index contributed by atoms with van der Waals surface area (Å²) < 4.78 is 0. The quantitative estimate of drug-likeness (QED) is 0.841. The highest BCUT2D eigenvalue weighted by atomic mass is 35.5.